The van der Waals surface area contributed by atoms with Gasteiger partial charge in [0.15, 0.2) is 0 Å². The Morgan fingerprint density at radius 3 is 2.77 bits per heavy atom. The van der Waals surface area contributed by atoms with E-state index in [1.165, 1.54) is 17.6 Å². The third kappa shape index (κ3) is 4.84. The fourth-order valence-electron chi connectivity index (χ4n) is 3.33. The second-order valence-corrected chi connectivity index (χ2v) is 8.26. The number of carbonyl (C=O) groups excluding carboxylic acids is 3. The van der Waals surface area contributed by atoms with Crippen molar-refractivity contribution in [1.82, 2.24) is 5.32 Å². The number of benzene rings is 1. The molecule has 1 unspecified atom stereocenters. The predicted octanol–water partition coefficient (Wildman–Crippen LogP) is 2.80. The number of thiophene rings is 1. The van der Waals surface area contributed by atoms with Gasteiger partial charge in [-0.2, -0.15) is 0 Å². The van der Waals surface area contributed by atoms with E-state index in [9.17, 15) is 19.5 Å². The van der Waals surface area contributed by atoms with Gasteiger partial charge in [-0.05, 0) is 48.9 Å². The number of hydrogen-bond donors (Lipinski definition) is 3. The maximum Gasteiger partial charge on any atom is 0.313 e. The third-order valence-electron chi connectivity index (χ3n) is 4.88. The zero-order valence-electron chi connectivity index (χ0n) is 16.5. The fraction of sp³-hybridized carbons (Fsp3) is 0.227. The van der Waals surface area contributed by atoms with Gasteiger partial charge in [0.1, 0.15) is 11.9 Å². The molecule has 1 aromatic carbocycles. The van der Waals surface area contributed by atoms with Crippen LogP contribution in [0.25, 0.3) is 0 Å². The molecule has 0 radical (unpaired) electrons. The van der Waals surface area contributed by atoms with Gasteiger partial charge in [0, 0.05) is 34.1 Å². The topological polar surface area (TPSA) is 112 Å². The van der Waals surface area contributed by atoms with E-state index in [-0.39, 0.29) is 12.5 Å². The van der Waals surface area contributed by atoms with Crippen molar-refractivity contribution in [2.24, 2.45) is 0 Å². The molecule has 3 heterocycles. The van der Waals surface area contributed by atoms with Crippen molar-refractivity contribution in [2.75, 3.05) is 16.8 Å². The highest BCUT2D eigenvalue weighted by molar-refractivity contribution is 7.12. The van der Waals surface area contributed by atoms with E-state index in [4.69, 9.17) is 4.42 Å². The highest BCUT2D eigenvalue weighted by Crippen LogP contribution is 2.28. The van der Waals surface area contributed by atoms with Crippen LogP contribution in [0.1, 0.15) is 34.5 Å². The number of anilines is 2. The maximum atomic E-state index is 12.2. The van der Waals surface area contributed by atoms with Gasteiger partial charge in [0.05, 0.1) is 12.8 Å². The Bertz CT molecular complexity index is 1090. The number of furan rings is 1. The maximum absolute atomic E-state index is 12.2. The molecule has 0 spiro atoms. The lowest BCUT2D eigenvalue weighted by Crippen LogP contribution is -2.34. The minimum Gasteiger partial charge on any atom is -0.466 e. The second kappa shape index (κ2) is 9.15. The van der Waals surface area contributed by atoms with Gasteiger partial charge in [-0.15, -0.1) is 11.3 Å². The average Bonchev–Trinajstić information content (AvgIpc) is 3.53. The summed E-state index contributed by atoms with van der Waals surface area (Å²) in [6, 6.07) is 13.8. The molecule has 1 aliphatic rings. The SMILES string of the molecule is O=C(NCc1ccc(C(O)c2ccco2)s1)C(=O)Nc1cccc(N2CCCC2=O)c1. The number of nitrogens with zero attached hydrogens (tertiary/aromatic N) is 1. The molecule has 2 aromatic heterocycles. The van der Waals surface area contributed by atoms with Gasteiger partial charge in [-0.3, -0.25) is 14.4 Å². The molecule has 1 atom stereocenters. The van der Waals surface area contributed by atoms with E-state index in [1.807, 2.05) is 0 Å². The van der Waals surface area contributed by atoms with Gasteiger partial charge >= 0.3 is 11.8 Å². The highest BCUT2D eigenvalue weighted by Gasteiger charge is 2.22. The fourth-order valence-corrected chi connectivity index (χ4v) is 4.28. The van der Waals surface area contributed by atoms with Crippen molar-refractivity contribution in [1.29, 1.82) is 0 Å². The van der Waals surface area contributed by atoms with E-state index >= 15 is 0 Å². The quantitative estimate of drug-likeness (QED) is 0.512. The van der Waals surface area contributed by atoms with Crippen LogP contribution in [0.15, 0.2) is 59.2 Å². The van der Waals surface area contributed by atoms with Crippen LogP contribution in [-0.4, -0.2) is 29.4 Å². The molecule has 31 heavy (non-hydrogen) atoms. The number of aliphatic hydroxyl groups is 1. The summed E-state index contributed by atoms with van der Waals surface area (Å²) in [7, 11) is 0. The summed E-state index contributed by atoms with van der Waals surface area (Å²) in [5.74, 6) is -1.08. The lowest BCUT2D eigenvalue weighted by molar-refractivity contribution is -0.136. The molecular formula is C22H21N3O5S. The molecule has 8 nitrogen and oxygen atoms in total. The summed E-state index contributed by atoms with van der Waals surface area (Å²) in [4.78, 5) is 39.5. The lowest BCUT2D eigenvalue weighted by atomic mass is 10.2. The second-order valence-electron chi connectivity index (χ2n) is 7.06. The molecule has 3 N–H and O–H groups in total. The Labute approximate surface area is 182 Å². The largest absolute Gasteiger partial charge is 0.466 e. The number of carbonyl (C=O) groups is 3. The van der Waals surface area contributed by atoms with Gasteiger partial charge < -0.3 is 25.1 Å². The van der Waals surface area contributed by atoms with Crippen LogP contribution in [0, 0.1) is 0 Å². The first-order valence-electron chi connectivity index (χ1n) is 9.81. The predicted molar refractivity (Wildman–Crippen MR) is 116 cm³/mol. The summed E-state index contributed by atoms with van der Waals surface area (Å²) >= 11 is 1.32. The molecule has 0 saturated carbocycles. The molecule has 1 saturated heterocycles. The Kier molecular flexibility index (Phi) is 6.15. The standard InChI is InChI=1S/C22H21N3O5S/c26-19-7-2-10-25(19)15-5-1-4-14(12-15)24-22(29)21(28)23-13-16-8-9-18(31-16)20(27)17-6-3-11-30-17/h1,3-6,8-9,11-12,20,27H,2,7,10,13H2,(H,23,28)(H,24,29). The van der Waals surface area contributed by atoms with Crippen LogP contribution in [-0.2, 0) is 20.9 Å². The monoisotopic (exact) mass is 439 g/mol. The molecule has 160 valence electrons. The highest BCUT2D eigenvalue weighted by atomic mass is 32.1. The Balaban J connectivity index is 1.31. The number of aliphatic hydroxyl groups excluding tert-OH is 1. The summed E-state index contributed by atoms with van der Waals surface area (Å²) in [5.41, 5.74) is 1.14. The first-order valence-corrected chi connectivity index (χ1v) is 10.6. The van der Waals surface area contributed by atoms with E-state index in [0.717, 1.165) is 11.3 Å². The van der Waals surface area contributed by atoms with Crippen molar-refractivity contribution < 1.29 is 23.9 Å². The van der Waals surface area contributed by atoms with Gasteiger partial charge in [0.25, 0.3) is 0 Å². The van der Waals surface area contributed by atoms with Crippen molar-refractivity contribution >= 4 is 40.4 Å². The number of rotatable bonds is 6. The normalized spacial score (nSPS) is 14.5. The molecule has 0 bridgehead atoms. The molecule has 3 aromatic rings. The molecule has 9 heteroatoms. The number of hydrogen-bond acceptors (Lipinski definition) is 6. The van der Waals surface area contributed by atoms with E-state index in [1.54, 1.807) is 53.4 Å². The smallest absolute Gasteiger partial charge is 0.313 e. The zero-order chi connectivity index (χ0) is 21.8. The van der Waals surface area contributed by atoms with Crippen molar-refractivity contribution in [3.8, 4) is 0 Å². The summed E-state index contributed by atoms with van der Waals surface area (Å²) in [5, 5.41) is 15.4. The molecule has 0 aliphatic carbocycles. The van der Waals surface area contributed by atoms with E-state index in [2.05, 4.69) is 10.6 Å². The third-order valence-corrected chi connectivity index (χ3v) is 6.02. The number of amides is 3. The Morgan fingerprint density at radius 2 is 2.03 bits per heavy atom. The first kappa shape index (κ1) is 20.8. The zero-order valence-corrected chi connectivity index (χ0v) is 17.4. The molecule has 3 amide bonds. The summed E-state index contributed by atoms with van der Waals surface area (Å²) in [6.45, 7) is 0.804. The molecular weight excluding hydrogens is 418 g/mol. The first-order chi connectivity index (χ1) is 15.0. The minimum atomic E-state index is -0.873. The lowest BCUT2D eigenvalue weighted by Gasteiger charge is -2.16. The van der Waals surface area contributed by atoms with Gasteiger partial charge in [0.2, 0.25) is 5.91 Å². The van der Waals surface area contributed by atoms with Crippen molar-refractivity contribution in [2.45, 2.75) is 25.5 Å². The van der Waals surface area contributed by atoms with Crippen molar-refractivity contribution in [3.63, 3.8) is 0 Å². The molecule has 1 aliphatic heterocycles. The van der Waals surface area contributed by atoms with Crippen LogP contribution in [0.5, 0.6) is 0 Å². The molecule has 4 rings (SSSR count). The van der Waals surface area contributed by atoms with Crippen LogP contribution < -0.4 is 15.5 Å². The average molecular weight is 439 g/mol. The van der Waals surface area contributed by atoms with E-state index < -0.39 is 17.9 Å². The van der Waals surface area contributed by atoms with E-state index in [0.29, 0.717) is 35.0 Å². The Hall–Kier alpha value is -3.43. The summed E-state index contributed by atoms with van der Waals surface area (Å²) < 4.78 is 5.20. The van der Waals surface area contributed by atoms with Crippen molar-refractivity contribution in [3.05, 3.63) is 70.3 Å². The molecule has 1 fully saturated rings. The van der Waals surface area contributed by atoms with Crippen LogP contribution in [0.4, 0.5) is 11.4 Å². The number of nitrogens with one attached hydrogen (secondary N) is 2. The van der Waals surface area contributed by atoms with Gasteiger partial charge in [-0.25, -0.2) is 0 Å². The van der Waals surface area contributed by atoms with Crippen LogP contribution in [0.2, 0.25) is 0 Å². The van der Waals surface area contributed by atoms with Crippen LogP contribution >= 0.6 is 11.3 Å². The van der Waals surface area contributed by atoms with Crippen LogP contribution in [0.3, 0.4) is 0 Å². The minimum absolute atomic E-state index is 0.0497. The van der Waals surface area contributed by atoms with Gasteiger partial charge in [-0.1, -0.05) is 6.07 Å². The summed E-state index contributed by atoms with van der Waals surface area (Å²) in [6.07, 6.45) is 1.94. The Morgan fingerprint density at radius 1 is 1.16 bits per heavy atom.